The first-order valence-corrected chi connectivity index (χ1v) is 7.26. The van der Waals surface area contributed by atoms with Crippen molar-refractivity contribution in [3.05, 3.63) is 65.2 Å². The Labute approximate surface area is 144 Å². The molecule has 1 heterocycles. The highest BCUT2D eigenvalue weighted by Gasteiger charge is 2.38. The summed E-state index contributed by atoms with van der Waals surface area (Å²) in [7, 11) is 0. The molecular weight excluding hydrogens is 355 g/mol. The summed E-state index contributed by atoms with van der Waals surface area (Å²) in [5.74, 6) is -2.90. The van der Waals surface area contributed by atoms with E-state index >= 15 is 0 Å². The molecular formula is C17H10F3NO5. The summed E-state index contributed by atoms with van der Waals surface area (Å²) in [6.07, 6.45) is -4.53. The van der Waals surface area contributed by atoms with Gasteiger partial charge in [-0.1, -0.05) is 23.3 Å². The normalized spacial score (nSPS) is 13.6. The minimum Gasteiger partial charge on any atom is -0.484 e. The van der Waals surface area contributed by atoms with Crippen molar-refractivity contribution in [1.29, 1.82) is 0 Å². The molecule has 0 saturated heterocycles. The largest absolute Gasteiger partial charge is 0.484 e. The van der Waals surface area contributed by atoms with Gasteiger partial charge >= 0.3 is 12.1 Å². The molecule has 0 radical (unpaired) electrons. The summed E-state index contributed by atoms with van der Waals surface area (Å²) in [6.45, 7) is -1.52. The van der Waals surface area contributed by atoms with Crippen molar-refractivity contribution in [3.8, 4) is 5.75 Å². The fraction of sp³-hybridized carbons (Fsp3) is 0.118. The molecule has 1 aliphatic heterocycles. The van der Waals surface area contributed by atoms with E-state index in [1.54, 1.807) is 12.1 Å². The Balaban J connectivity index is 1.73. The van der Waals surface area contributed by atoms with Gasteiger partial charge in [-0.3, -0.25) is 9.59 Å². The lowest BCUT2D eigenvalue weighted by molar-refractivity contribution is -0.153. The Kier molecular flexibility index (Phi) is 4.37. The number of ether oxygens (including phenoxy) is 1. The van der Waals surface area contributed by atoms with E-state index in [2.05, 4.69) is 4.74 Å². The number of fused-ring (bicyclic) bond motifs is 1. The van der Waals surface area contributed by atoms with Crippen LogP contribution in [0, 0.1) is 0 Å². The van der Waals surface area contributed by atoms with Gasteiger partial charge in [-0.15, -0.1) is 0 Å². The van der Waals surface area contributed by atoms with Crippen LogP contribution in [0.2, 0.25) is 0 Å². The summed E-state index contributed by atoms with van der Waals surface area (Å²) in [5, 5.41) is 0.316. The molecule has 2 amide bonds. The third-order valence-corrected chi connectivity index (χ3v) is 3.40. The second-order valence-corrected chi connectivity index (χ2v) is 5.26. The minimum atomic E-state index is -4.53. The molecule has 0 unspecified atom stereocenters. The molecule has 6 nitrogen and oxygen atoms in total. The second kappa shape index (κ2) is 6.51. The summed E-state index contributed by atoms with van der Waals surface area (Å²) in [5.41, 5.74) is 0.00125. The van der Waals surface area contributed by atoms with Gasteiger partial charge in [0.1, 0.15) is 5.75 Å². The zero-order chi connectivity index (χ0) is 18.9. The molecule has 0 aromatic heterocycles. The number of hydrogen-bond acceptors (Lipinski definition) is 5. The Morgan fingerprint density at radius 2 is 1.58 bits per heavy atom. The first-order chi connectivity index (χ1) is 12.3. The van der Waals surface area contributed by atoms with Crippen LogP contribution in [0.4, 0.5) is 13.2 Å². The van der Waals surface area contributed by atoms with Crippen molar-refractivity contribution in [2.45, 2.75) is 6.18 Å². The van der Waals surface area contributed by atoms with Crippen molar-refractivity contribution in [1.82, 2.24) is 5.06 Å². The van der Waals surface area contributed by atoms with Gasteiger partial charge in [-0.05, 0) is 30.3 Å². The van der Waals surface area contributed by atoms with E-state index in [4.69, 9.17) is 4.84 Å². The molecule has 2 aromatic carbocycles. The van der Waals surface area contributed by atoms with E-state index in [1.807, 2.05) is 0 Å². The Morgan fingerprint density at radius 3 is 2.15 bits per heavy atom. The molecule has 0 saturated carbocycles. The van der Waals surface area contributed by atoms with Crippen molar-refractivity contribution in [3.63, 3.8) is 0 Å². The zero-order valence-electron chi connectivity index (χ0n) is 12.9. The third-order valence-electron chi connectivity index (χ3n) is 3.40. The van der Waals surface area contributed by atoms with Gasteiger partial charge in [-0.25, -0.2) is 4.79 Å². The smallest absolute Gasteiger partial charge is 0.422 e. The number of carbonyl (C=O) groups is 3. The molecule has 134 valence electrons. The number of nitrogens with zero attached hydrogens (tertiary/aromatic N) is 1. The van der Waals surface area contributed by atoms with Crippen LogP contribution in [0.1, 0.15) is 31.1 Å². The maximum absolute atomic E-state index is 12.2. The van der Waals surface area contributed by atoms with E-state index in [-0.39, 0.29) is 22.4 Å². The van der Waals surface area contributed by atoms with Gasteiger partial charge in [0.05, 0.1) is 16.7 Å². The Hall–Kier alpha value is -3.36. The van der Waals surface area contributed by atoms with Gasteiger partial charge in [0.2, 0.25) is 0 Å². The van der Waals surface area contributed by atoms with Crippen LogP contribution in [0.25, 0.3) is 0 Å². The van der Waals surface area contributed by atoms with Crippen molar-refractivity contribution in [2.75, 3.05) is 6.61 Å². The van der Waals surface area contributed by atoms with Crippen LogP contribution in [0.3, 0.4) is 0 Å². The van der Waals surface area contributed by atoms with Crippen LogP contribution >= 0.6 is 0 Å². The monoisotopic (exact) mass is 365 g/mol. The van der Waals surface area contributed by atoms with E-state index < -0.39 is 30.6 Å². The predicted octanol–water partition coefficient (Wildman–Crippen LogP) is 3.00. The summed E-state index contributed by atoms with van der Waals surface area (Å²) < 4.78 is 41.1. The number of carbonyl (C=O) groups excluding carboxylic acids is 3. The topological polar surface area (TPSA) is 72.9 Å². The fourth-order valence-electron chi connectivity index (χ4n) is 2.26. The molecule has 0 N–H and O–H groups in total. The Morgan fingerprint density at radius 1 is 0.962 bits per heavy atom. The number of alkyl halides is 3. The van der Waals surface area contributed by atoms with E-state index in [9.17, 15) is 27.6 Å². The highest BCUT2D eigenvalue weighted by molar-refractivity contribution is 6.21. The maximum Gasteiger partial charge on any atom is 0.422 e. The molecule has 3 rings (SSSR count). The maximum atomic E-state index is 12.2. The second-order valence-electron chi connectivity index (χ2n) is 5.26. The Bertz CT molecular complexity index is 859. The molecule has 1 aliphatic rings. The number of imide groups is 1. The summed E-state index contributed by atoms with van der Waals surface area (Å²) in [6, 6.07) is 10.7. The highest BCUT2D eigenvalue weighted by Crippen LogP contribution is 2.24. The van der Waals surface area contributed by atoms with Gasteiger partial charge in [0.25, 0.3) is 11.8 Å². The zero-order valence-corrected chi connectivity index (χ0v) is 12.9. The molecule has 0 aliphatic carbocycles. The van der Waals surface area contributed by atoms with Crippen molar-refractivity contribution >= 4 is 17.8 Å². The van der Waals surface area contributed by atoms with Crippen LogP contribution in [0.5, 0.6) is 5.75 Å². The number of benzene rings is 2. The lowest BCUT2D eigenvalue weighted by Crippen LogP contribution is -2.32. The molecule has 0 spiro atoms. The van der Waals surface area contributed by atoms with Crippen molar-refractivity contribution < 1.29 is 37.1 Å². The van der Waals surface area contributed by atoms with Gasteiger partial charge in [0, 0.05) is 0 Å². The first kappa shape index (κ1) is 17.5. The van der Waals surface area contributed by atoms with Gasteiger partial charge in [-0.2, -0.15) is 13.2 Å². The molecule has 0 fully saturated rings. The number of hydroxylamine groups is 2. The van der Waals surface area contributed by atoms with Crippen LogP contribution in [0.15, 0.2) is 48.5 Å². The van der Waals surface area contributed by atoms with Gasteiger partial charge < -0.3 is 9.57 Å². The number of hydrogen-bond donors (Lipinski definition) is 0. The fourth-order valence-corrected chi connectivity index (χ4v) is 2.26. The number of rotatable bonds is 4. The average molecular weight is 365 g/mol. The first-order valence-electron chi connectivity index (χ1n) is 7.26. The van der Waals surface area contributed by atoms with E-state index in [0.29, 0.717) is 5.06 Å². The van der Waals surface area contributed by atoms with Crippen molar-refractivity contribution in [2.24, 2.45) is 0 Å². The average Bonchev–Trinajstić information content (AvgIpc) is 2.85. The number of amides is 2. The minimum absolute atomic E-state index is 0.0903. The molecule has 0 atom stereocenters. The highest BCUT2D eigenvalue weighted by atomic mass is 19.4. The number of halogens is 3. The lowest BCUT2D eigenvalue weighted by atomic mass is 10.1. The van der Waals surface area contributed by atoms with Crippen LogP contribution < -0.4 is 4.74 Å². The molecule has 0 bridgehead atoms. The predicted molar refractivity (Wildman–Crippen MR) is 80.3 cm³/mol. The lowest BCUT2D eigenvalue weighted by Gasteiger charge is -2.13. The van der Waals surface area contributed by atoms with E-state index in [1.165, 1.54) is 30.3 Å². The molecule has 26 heavy (non-hydrogen) atoms. The SMILES string of the molecule is O=C(ON1C(=O)c2ccccc2C1=O)c1cccc(OCC(F)(F)F)c1. The third kappa shape index (κ3) is 3.51. The van der Waals surface area contributed by atoms with Crippen LogP contribution in [-0.2, 0) is 4.84 Å². The molecule has 2 aromatic rings. The summed E-state index contributed by atoms with van der Waals surface area (Å²) in [4.78, 5) is 41.2. The van der Waals surface area contributed by atoms with Gasteiger partial charge in [0.15, 0.2) is 6.61 Å². The van der Waals surface area contributed by atoms with E-state index in [0.717, 1.165) is 6.07 Å². The summed E-state index contributed by atoms with van der Waals surface area (Å²) >= 11 is 0. The molecule has 9 heteroatoms. The standard InChI is InChI=1S/C17H10F3NO5/c18-17(19,20)9-25-11-5-3-4-10(8-11)16(24)26-21-14(22)12-6-1-2-7-13(12)15(21)23/h1-8H,9H2. The van der Waals surface area contributed by atoms with Crippen LogP contribution in [-0.4, -0.2) is 35.6 Å². The quantitative estimate of drug-likeness (QED) is 0.779.